The molecule has 120 valence electrons. The first-order valence-electron chi connectivity index (χ1n) is 7.33. The molecule has 0 N–H and O–H groups in total. The number of hydrogen-bond acceptors (Lipinski definition) is 6. The number of aromatic nitrogens is 1. The van der Waals surface area contributed by atoms with Gasteiger partial charge in [0.15, 0.2) is 5.13 Å². The number of nitrogens with zero attached hydrogens (tertiary/aromatic N) is 3. The van der Waals surface area contributed by atoms with E-state index in [1.165, 1.54) is 7.11 Å². The largest absolute Gasteiger partial charge is 0.469 e. The first-order valence-corrected chi connectivity index (χ1v) is 8.21. The lowest BCUT2D eigenvalue weighted by atomic mass is 10.2. The average Bonchev–Trinajstić information content (AvgIpc) is 2.89. The van der Waals surface area contributed by atoms with E-state index in [2.05, 4.69) is 47.5 Å². The molecule has 0 aliphatic carbocycles. The quantitative estimate of drug-likeness (QED) is 0.655. The van der Waals surface area contributed by atoms with E-state index in [0.29, 0.717) is 18.8 Å². The number of thiazole rings is 1. The van der Waals surface area contributed by atoms with E-state index in [0.717, 1.165) is 30.5 Å². The monoisotopic (exact) mass is 313 g/mol. The van der Waals surface area contributed by atoms with Crippen LogP contribution in [0.25, 0.3) is 0 Å². The van der Waals surface area contributed by atoms with E-state index in [-0.39, 0.29) is 5.97 Å². The Morgan fingerprint density at radius 2 is 2.10 bits per heavy atom. The number of ether oxygens (including phenoxy) is 1. The molecule has 0 atom stereocenters. The lowest BCUT2D eigenvalue weighted by Gasteiger charge is -2.25. The Balaban J connectivity index is 2.64. The molecule has 0 saturated carbocycles. The first kappa shape index (κ1) is 17.9. The van der Waals surface area contributed by atoms with Gasteiger partial charge in [0, 0.05) is 31.4 Å². The molecule has 21 heavy (non-hydrogen) atoms. The minimum Gasteiger partial charge on any atom is -0.469 e. The second-order valence-electron chi connectivity index (χ2n) is 5.84. The summed E-state index contributed by atoms with van der Waals surface area (Å²) in [5.74, 6) is 0.408. The Bertz CT molecular complexity index is 432. The van der Waals surface area contributed by atoms with Crippen LogP contribution in [0, 0.1) is 5.92 Å². The van der Waals surface area contributed by atoms with Gasteiger partial charge in [0.1, 0.15) is 0 Å². The minimum atomic E-state index is -0.184. The molecule has 5 nitrogen and oxygen atoms in total. The third-order valence-corrected chi connectivity index (χ3v) is 3.98. The van der Waals surface area contributed by atoms with Gasteiger partial charge in [-0.25, -0.2) is 4.98 Å². The summed E-state index contributed by atoms with van der Waals surface area (Å²) < 4.78 is 4.66. The highest BCUT2D eigenvalue weighted by Gasteiger charge is 2.13. The van der Waals surface area contributed by atoms with Gasteiger partial charge in [0.2, 0.25) is 0 Å². The van der Waals surface area contributed by atoms with E-state index < -0.39 is 0 Å². The van der Waals surface area contributed by atoms with Gasteiger partial charge in [-0.05, 0) is 20.0 Å². The molecule has 0 bridgehead atoms. The van der Waals surface area contributed by atoms with Crippen LogP contribution in [0.3, 0.4) is 0 Å². The van der Waals surface area contributed by atoms with Crippen molar-refractivity contribution < 1.29 is 9.53 Å². The number of likely N-dealkylation sites (N-methyl/N-ethyl adjacent to an activating group) is 1. The van der Waals surface area contributed by atoms with Gasteiger partial charge in [-0.3, -0.25) is 4.79 Å². The predicted molar refractivity (Wildman–Crippen MR) is 88.1 cm³/mol. The number of carbonyl (C=O) groups excluding carboxylic acids is 1. The SMILES string of the molecule is COC(=O)CCc1csc(N(CCN(C)C)CC(C)C)n1. The molecular weight excluding hydrogens is 286 g/mol. The fraction of sp³-hybridized carbons (Fsp3) is 0.733. The van der Waals surface area contributed by atoms with Crippen molar-refractivity contribution in [1.82, 2.24) is 9.88 Å². The van der Waals surface area contributed by atoms with Gasteiger partial charge >= 0.3 is 5.97 Å². The molecule has 1 aromatic rings. The molecule has 1 heterocycles. The third-order valence-electron chi connectivity index (χ3n) is 3.03. The predicted octanol–water partition coefficient (Wildman–Crippen LogP) is 2.27. The topological polar surface area (TPSA) is 45.7 Å². The van der Waals surface area contributed by atoms with Gasteiger partial charge < -0.3 is 14.5 Å². The standard InChI is InChI=1S/C15H27N3O2S/c1-12(2)10-18(9-8-17(3)4)15-16-13(11-21-15)6-7-14(19)20-5/h11-12H,6-10H2,1-5H3. The van der Waals surface area contributed by atoms with Crippen molar-refractivity contribution in [3.8, 4) is 0 Å². The van der Waals surface area contributed by atoms with Gasteiger partial charge in [0.05, 0.1) is 19.2 Å². The molecule has 1 aromatic heterocycles. The van der Waals surface area contributed by atoms with E-state index in [9.17, 15) is 4.79 Å². The van der Waals surface area contributed by atoms with Crippen LogP contribution in [0.4, 0.5) is 5.13 Å². The average molecular weight is 313 g/mol. The Morgan fingerprint density at radius 3 is 2.67 bits per heavy atom. The highest BCUT2D eigenvalue weighted by Crippen LogP contribution is 2.22. The van der Waals surface area contributed by atoms with E-state index >= 15 is 0 Å². The molecule has 0 aliphatic rings. The molecule has 0 fully saturated rings. The van der Waals surface area contributed by atoms with Crippen molar-refractivity contribution in [2.24, 2.45) is 5.92 Å². The zero-order valence-corrected chi connectivity index (χ0v) is 14.6. The highest BCUT2D eigenvalue weighted by atomic mass is 32.1. The van der Waals surface area contributed by atoms with Gasteiger partial charge in [0.25, 0.3) is 0 Å². The minimum absolute atomic E-state index is 0.184. The van der Waals surface area contributed by atoms with Crippen molar-refractivity contribution >= 4 is 22.4 Å². The molecule has 0 amide bonds. The maximum Gasteiger partial charge on any atom is 0.305 e. The van der Waals surface area contributed by atoms with Crippen LogP contribution in [0.2, 0.25) is 0 Å². The summed E-state index contributed by atoms with van der Waals surface area (Å²) in [5.41, 5.74) is 0.971. The van der Waals surface area contributed by atoms with Crippen LogP contribution >= 0.6 is 11.3 Å². The summed E-state index contributed by atoms with van der Waals surface area (Å²) in [6.07, 6.45) is 1.04. The Morgan fingerprint density at radius 1 is 1.38 bits per heavy atom. The van der Waals surface area contributed by atoms with Crippen molar-refractivity contribution in [3.05, 3.63) is 11.1 Å². The second-order valence-corrected chi connectivity index (χ2v) is 6.68. The number of methoxy groups -OCH3 is 1. The van der Waals surface area contributed by atoms with E-state index in [1.807, 2.05) is 5.38 Å². The number of hydrogen-bond donors (Lipinski definition) is 0. The second kappa shape index (κ2) is 9.00. The smallest absolute Gasteiger partial charge is 0.305 e. The van der Waals surface area contributed by atoms with Crippen molar-refractivity contribution in [3.63, 3.8) is 0 Å². The number of rotatable bonds is 9. The Kier molecular flexibility index (Phi) is 7.67. The molecule has 0 spiro atoms. The van der Waals surface area contributed by atoms with E-state index in [4.69, 9.17) is 0 Å². The van der Waals surface area contributed by atoms with Crippen LogP contribution in [0.5, 0.6) is 0 Å². The fourth-order valence-electron chi connectivity index (χ4n) is 1.92. The Hall–Kier alpha value is -1.14. The Labute approximate surface area is 131 Å². The van der Waals surface area contributed by atoms with Crippen LogP contribution in [0.15, 0.2) is 5.38 Å². The molecule has 1 rings (SSSR count). The van der Waals surface area contributed by atoms with Crippen molar-refractivity contribution in [2.75, 3.05) is 45.7 Å². The number of anilines is 1. The lowest BCUT2D eigenvalue weighted by Crippen LogP contribution is -2.34. The molecule has 6 heteroatoms. The zero-order valence-electron chi connectivity index (χ0n) is 13.8. The summed E-state index contributed by atoms with van der Waals surface area (Å²) >= 11 is 1.65. The van der Waals surface area contributed by atoms with Crippen molar-refractivity contribution in [1.29, 1.82) is 0 Å². The maximum absolute atomic E-state index is 11.2. The van der Waals surface area contributed by atoms with Crippen LogP contribution in [-0.4, -0.2) is 56.7 Å². The zero-order chi connectivity index (χ0) is 15.8. The maximum atomic E-state index is 11.2. The number of aryl methyl sites for hydroxylation is 1. The molecular formula is C15H27N3O2S. The lowest BCUT2D eigenvalue weighted by molar-refractivity contribution is -0.140. The normalized spacial score (nSPS) is 11.2. The third kappa shape index (κ3) is 6.91. The molecule has 0 aromatic carbocycles. The summed E-state index contributed by atoms with van der Waals surface area (Å²) in [7, 11) is 5.58. The summed E-state index contributed by atoms with van der Waals surface area (Å²) in [6.45, 7) is 7.40. The fourth-order valence-corrected chi connectivity index (χ4v) is 2.81. The summed E-state index contributed by atoms with van der Waals surface area (Å²) in [5, 5.41) is 3.09. The molecule has 0 saturated heterocycles. The van der Waals surface area contributed by atoms with Gasteiger partial charge in [-0.2, -0.15) is 0 Å². The highest BCUT2D eigenvalue weighted by molar-refractivity contribution is 7.13. The first-order chi connectivity index (χ1) is 9.92. The number of carbonyl (C=O) groups is 1. The summed E-state index contributed by atoms with van der Waals surface area (Å²) in [6, 6.07) is 0. The summed E-state index contributed by atoms with van der Waals surface area (Å²) in [4.78, 5) is 20.4. The molecule has 0 aliphatic heterocycles. The van der Waals surface area contributed by atoms with E-state index in [1.54, 1.807) is 11.3 Å². The molecule has 0 unspecified atom stereocenters. The van der Waals surface area contributed by atoms with Crippen LogP contribution in [-0.2, 0) is 16.0 Å². The van der Waals surface area contributed by atoms with Crippen LogP contribution in [0.1, 0.15) is 26.0 Å². The number of esters is 1. The van der Waals surface area contributed by atoms with Gasteiger partial charge in [-0.1, -0.05) is 13.8 Å². The molecule has 0 radical (unpaired) electrons. The van der Waals surface area contributed by atoms with Gasteiger partial charge in [-0.15, -0.1) is 11.3 Å². The van der Waals surface area contributed by atoms with Crippen molar-refractivity contribution in [2.45, 2.75) is 26.7 Å². The van der Waals surface area contributed by atoms with Crippen LogP contribution < -0.4 is 4.90 Å².